The Balaban J connectivity index is 1.85. The summed E-state index contributed by atoms with van der Waals surface area (Å²) in [7, 11) is 0. The van der Waals surface area contributed by atoms with Gasteiger partial charge >= 0.3 is 0 Å². The van der Waals surface area contributed by atoms with Gasteiger partial charge in [-0.25, -0.2) is 0 Å². The van der Waals surface area contributed by atoms with E-state index in [1.807, 2.05) is 38.1 Å². The number of nitrogens with two attached hydrogens (primary N) is 1. The van der Waals surface area contributed by atoms with Crippen molar-refractivity contribution < 1.29 is 9.21 Å². The number of nitrogens with one attached hydrogen (secondary N) is 2. The molecule has 0 radical (unpaired) electrons. The first kappa shape index (κ1) is 20.1. The van der Waals surface area contributed by atoms with Crippen molar-refractivity contribution >= 4 is 28.9 Å². The zero-order valence-corrected chi connectivity index (χ0v) is 17.5. The summed E-state index contributed by atoms with van der Waals surface area (Å²) in [4.78, 5) is 12.8. The Labute approximate surface area is 170 Å². The molecule has 6 nitrogen and oxygen atoms in total. The number of thiocarbonyl (C=S) groups is 1. The lowest BCUT2D eigenvalue weighted by molar-refractivity contribution is 0.0919. The van der Waals surface area contributed by atoms with E-state index >= 15 is 0 Å². The molecule has 0 saturated carbocycles. The molecule has 0 aliphatic heterocycles. The van der Waals surface area contributed by atoms with Crippen LogP contribution in [0.2, 0.25) is 0 Å². The van der Waals surface area contributed by atoms with Crippen molar-refractivity contribution in [1.82, 2.24) is 10.7 Å². The zero-order valence-electron chi connectivity index (χ0n) is 16.7. The largest absolute Gasteiger partial charge is 0.455 e. The third-order valence-corrected chi connectivity index (χ3v) is 4.97. The maximum atomic E-state index is 12.8. The van der Waals surface area contributed by atoms with Gasteiger partial charge in [-0.05, 0) is 43.5 Å². The third-order valence-electron chi connectivity index (χ3n) is 4.87. The predicted molar refractivity (Wildman–Crippen MR) is 114 cm³/mol. The molecule has 0 bridgehead atoms. The van der Waals surface area contributed by atoms with Gasteiger partial charge in [0.2, 0.25) is 0 Å². The highest BCUT2D eigenvalue weighted by Crippen LogP contribution is 2.38. The molecule has 1 amide bonds. The lowest BCUT2D eigenvalue weighted by Gasteiger charge is -2.29. The molecule has 1 aromatic carbocycles. The van der Waals surface area contributed by atoms with Crippen LogP contribution in [-0.4, -0.2) is 16.7 Å². The first-order chi connectivity index (χ1) is 13.2. The van der Waals surface area contributed by atoms with Crippen LogP contribution < -0.4 is 16.5 Å². The van der Waals surface area contributed by atoms with Crippen molar-refractivity contribution in [1.29, 1.82) is 0 Å². The second-order valence-corrected chi connectivity index (χ2v) is 8.51. The molecule has 0 spiro atoms. The number of benzene rings is 1. The summed E-state index contributed by atoms with van der Waals surface area (Å²) in [5.41, 5.74) is 12.8. The Hall–Kier alpha value is -2.67. The van der Waals surface area contributed by atoms with Crippen molar-refractivity contribution in [3.63, 3.8) is 0 Å². The molecule has 0 fully saturated rings. The van der Waals surface area contributed by atoms with Crippen LogP contribution in [0.3, 0.4) is 0 Å². The molecule has 148 valence electrons. The molecule has 1 aliphatic carbocycles. The zero-order chi connectivity index (χ0) is 20.5. The van der Waals surface area contributed by atoms with Gasteiger partial charge in [0.1, 0.15) is 5.76 Å². The smallest absolute Gasteiger partial charge is 0.287 e. The molecule has 1 aliphatic rings. The van der Waals surface area contributed by atoms with Crippen LogP contribution in [0.1, 0.15) is 58.8 Å². The van der Waals surface area contributed by atoms with Crippen LogP contribution in [0, 0.1) is 19.3 Å². The third kappa shape index (κ3) is 4.42. The summed E-state index contributed by atoms with van der Waals surface area (Å²) in [6.07, 6.45) is 1.47. The number of hydrogen-bond donors (Lipinski definition) is 3. The van der Waals surface area contributed by atoms with Gasteiger partial charge in [-0.1, -0.05) is 43.7 Å². The van der Waals surface area contributed by atoms with E-state index < -0.39 is 0 Å². The second-order valence-electron chi connectivity index (χ2n) is 8.07. The Morgan fingerprint density at radius 2 is 1.93 bits per heavy atom. The molecule has 2 aromatic rings. The number of nitrogens with zero attached hydrogens (tertiary/aromatic N) is 1. The van der Waals surface area contributed by atoms with Crippen LogP contribution in [0.15, 0.2) is 33.8 Å². The van der Waals surface area contributed by atoms with E-state index in [0.29, 0.717) is 12.3 Å². The van der Waals surface area contributed by atoms with E-state index in [9.17, 15) is 4.79 Å². The van der Waals surface area contributed by atoms with Gasteiger partial charge in [-0.2, -0.15) is 5.10 Å². The maximum absolute atomic E-state index is 12.8. The summed E-state index contributed by atoms with van der Waals surface area (Å²) in [6.45, 7) is 8.64. The number of amides is 1. The standard InChI is InChI=1S/C21H26N4O2S/c1-12-5-7-14(8-6-12)11-23-19(26)18-13(2)17-15(24-25-20(22)28)9-21(3,4)10-16(17)27-18/h5-8H,9-11H2,1-4H3,(H,23,26)(H3,22,25,28)/b24-15-. The second kappa shape index (κ2) is 7.75. The van der Waals surface area contributed by atoms with Crippen molar-refractivity contribution in [2.75, 3.05) is 0 Å². The normalized spacial score (nSPS) is 16.5. The number of hydrogen-bond acceptors (Lipinski definition) is 4. The highest BCUT2D eigenvalue weighted by molar-refractivity contribution is 7.80. The van der Waals surface area contributed by atoms with Crippen LogP contribution in [0.25, 0.3) is 0 Å². The fourth-order valence-electron chi connectivity index (χ4n) is 3.52. The van der Waals surface area contributed by atoms with E-state index in [1.165, 1.54) is 5.56 Å². The van der Waals surface area contributed by atoms with Gasteiger partial charge in [0, 0.05) is 24.1 Å². The molecule has 1 heterocycles. The Kier molecular flexibility index (Phi) is 5.56. The molecule has 0 unspecified atom stereocenters. The molecular formula is C21H26N4O2S. The first-order valence-electron chi connectivity index (χ1n) is 9.25. The van der Waals surface area contributed by atoms with Crippen molar-refractivity contribution in [2.24, 2.45) is 16.3 Å². The summed E-state index contributed by atoms with van der Waals surface area (Å²) in [6, 6.07) is 8.06. The molecule has 28 heavy (non-hydrogen) atoms. The highest BCUT2D eigenvalue weighted by Gasteiger charge is 2.36. The van der Waals surface area contributed by atoms with Gasteiger partial charge in [-0.15, -0.1) is 0 Å². The van der Waals surface area contributed by atoms with E-state index in [0.717, 1.165) is 41.0 Å². The summed E-state index contributed by atoms with van der Waals surface area (Å²) in [5, 5.41) is 7.41. The quantitative estimate of drug-likeness (QED) is 0.543. The molecule has 0 atom stereocenters. The minimum absolute atomic E-state index is 0.0380. The van der Waals surface area contributed by atoms with Crippen molar-refractivity contribution in [3.05, 3.63) is 58.0 Å². The Bertz CT molecular complexity index is 942. The van der Waals surface area contributed by atoms with Gasteiger partial charge in [-0.3, -0.25) is 10.2 Å². The van der Waals surface area contributed by atoms with Gasteiger partial charge in [0.15, 0.2) is 10.9 Å². The van der Waals surface area contributed by atoms with Crippen molar-refractivity contribution in [3.8, 4) is 0 Å². The summed E-state index contributed by atoms with van der Waals surface area (Å²) >= 11 is 4.86. The monoisotopic (exact) mass is 398 g/mol. The number of fused-ring (bicyclic) bond motifs is 1. The van der Waals surface area contributed by atoms with E-state index in [-0.39, 0.29) is 16.4 Å². The fraction of sp³-hybridized carbons (Fsp3) is 0.381. The lowest BCUT2D eigenvalue weighted by Crippen LogP contribution is -2.31. The van der Waals surface area contributed by atoms with E-state index in [2.05, 4.69) is 29.7 Å². The molecule has 0 saturated heterocycles. The molecule has 3 rings (SSSR count). The van der Waals surface area contributed by atoms with Gasteiger partial charge in [0.25, 0.3) is 5.91 Å². The summed E-state index contributed by atoms with van der Waals surface area (Å²) < 4.78 is 5.99. The number of carbonyl (C=O) groups is 1. The van der Waals surface area contributed by atoms with Gasteiger partial charge in [0.05, 0.1) is 5.71 Å². The topological polar surface area (TPSA) is 92.6 Å². The SMILES string of the molecule is Cc1ccc(CNC(=O)c2oc3c(c2C)/C(=N\NC(N)=S)CC(C)(C)C3)cc1. The Morgan fingerprint density at radius 1 is 1.25 bits per heavy atom. The van der Waals surface area contributed by atoms with Crippen LogP contribution in [0.4, 0.5) is 0 Å². The Morgan fingerprint density at radius 3 is 2.57 bits per heavy atom. The minimum Gasteiger partial charge on any atom is -0.455 e. The molecule has 4 N–H and O–H groups in total. The molecule has 7 heteroatoms. The number of furan rings is 1. The highest BCUT2D eigenvalue weighted by atomic mass is 32.1. The number of aryl methyl sites for hydroxylation is 1. The van der Waals surface area contributed by atoms with Crippen molar-refractivity contribution in [2.45, 2.75) is 47.1 Å². The van der Waals surface area contributed by atoms with E-state index in [4.69, 9.17) is 22.4 Å². The molecular weight excluding hydrogens is 372 g/mol. The number of rotatable bonds is 4. The van der Waals surface area contributed by atoms with E-state index in [1.54, 1.807) is 0 Å². The average Bonchev–Trinajstić information content (AvgIpc) is 2.94. The number of carbonyl (C=O) groups excluding carboxylic acids is 1. The van der Waals surface area contributed by atoms with Crippen LogP contribution >= 0.6 is 12.2 Å². The fourth-order valence-corrected chi connectivity index (χ4v) is 3.56. The van der Waals surface area contributed by atoms with Crippen LogP contribution in [-0.2, 0) is 13.0 Å². The lowest BCUT2D eigenvalue weighted by atomic mass is 9.75. The maximum Gasteiger partial charge on any atom is 0.287 e. The summed E-state index contributed by atoms with van der Waals surface area (Å²) in [5.74, 6) is 0.877. The molecule has 1 aromatic heterocycles. The average molecular weight is 399 g/mol. The first-order valence-corrected chi connectivity index (χ1v) is 9.65. The van der Waals surface area contributed by atoms with Gasteiger partial charge < -0.3 is 15.5 Å². The van der Waals surface area contributed by atoms with Crippen LogP contribution in [0.5, 0.6) is 0 Å². The predicted octanol–water partition coefficient (Wildman–Crippen LogP) is 3.34. The number of hydrazone groups is 1. The minimum atomic E-state index is -0.230.